The Hall–Kier alpha value is -4.01. The molecule has 1 fully saturated rings. The van der Waals surface area contributed by atoms with E-state index in [0.717, 1.165) is 22.7 Å². The van der Waals surface area contributed by atoms with Gasteiger partial charge >= 0.3 is 0 Å². The monoisotopic (exact) mass is 496 g/mol. The van der Waals surface area contributed by atoms with Gasteiger partial charge in [0.25, 0.3) is 5.91 Å². The highest BCUT2D eigenvalue weighted by molar-refractivity contribution is 5.91. The van der Waals surface area contributed by atoms with Gasteiger partial charge in [-0.2, -0.15) is 0 Å². The molecule has 0 N–H and O–H groups in total. The molecule has 192 valence electrons. The number of anilines is 1. The third-order valence-corrected chi connectivity index (χ3v) is 6.31. The topological polar surface area (TPSA) is 82.8 Å². The lowest BCUT2D eigenvalue weighted by atomic mass is 10.1. The van der Waals surface area contributed by atoms with Crippen molar-refractivity contribution in [1.29, 1.82) is 0 Å². The molecule has 9 nitrogen and oxygen atoms in total. The number of carbonyl (C=O) groups excluding carboxylic acids is 1. The summed E-state index contributed by atoms with van der Waals surface area (Å²) in [5, 5.41) is 0. The largest absolute Gasteiger partial charge is 0.497 e. The highest BCUT2D eigenvalue weighted by Gasteiger charge is 2.25. The van der Waals surface area contributed by atoms with E-state index in [4.69, 9.17) is 28.1 Å². The number of nitrogens with zero attached hydrogens (tertiary/aromatic N) is 2. The number of benzene rings is 2. The van der Waals surface area contributed by atoms with Gasteiger partial charge in [-0.1, -0.05) is 0 Å². The lowest BCUT2D eigenvalue weighted by molar-refractivity contribution is 0.0713. The maximum Gasteiger partial charge on any atom is 0.289 e. The molecule has 4 rings (SSSR count). The molecule has 1 aliphatic rings. The Morgan fingerprint density at radius 2 is 1.31 bits per heavy atom. The zero-order valence-electron chi connectivity index (χ0n) is 21.3. The van der Waals surface area contributed by atoms with Crippen LogP contribution in [0.25, 0.3) is 0 Å². The molecule has 1 aromatic heterocycles. The minimum absolute atomic E-state index is 0.127. The van der Waals surface area contributed by atoms with Crippen LogP contribution in [0.2, 0.25) is 0 Å². The second-order valence-electron chi connectivity index (χ2n) is 8.30. The van der Waals surface area contributed by atoms with Gasteiger partial charge in [-0.05, 0) is 12.1 Å². The molecule has 1 amide bonds. The molecule has 2 aromatic carbocycles. The fraction of sp³-hybridized carbons (Fsp3) is 0.370. The first-order chi connectivity index (χ1) is 17.5. The summed E-state index contributed by atoms with van der Waals surface area (Å²) >= 11 is 0. The van der Waals surface area contributed by atoms with E-state index in [-0.39, 0.29) is 5.91 Å². The molecular formula is C27H32N2O7. The Balaban J connectivity index is 1.43. The van der Waals surface area contributed by atoms with Gasteiger partial charge < -0.3 is 37.9 Å². The maximum absolute atomic E-state index is 13.1. The van der Waals surface area contributed by atoms with Crippen molar-refractivity contribution in [3.63, 3.8) is 0 Å². The van der Waals surface area contributed by atoms with Crippen molar-refractivity contribution in [2.24, 2.45) is 0 Å². The minimum Gasteiger partial charge on any atom is -0.497 e. The molecular weight excluding hydrogens is 464 g/mol. The van der Waals surface area contributed by atoms with Crippen molar-refractivity contribution in [1.82, 2.24) is 4.90 Å². The lowest BCUT2D eigenvalue weighted by Crippen LogP contribution is -2.48. The zero-order valence-corrected chi connectivity index (χ0v) is 21.3. The number of ether oxygens (including phenoxy) is 5. The van der Waals surface area contributed by atoms with Gasteiger partial charge in [-0.3, -0.25) is 4.79 Å². The maximum atomic E-state index is 13.1. The standard InChI is InChI=1S/C27H32N2O7/c1-31-20-12-18(13-21(14-20)32-2)28-8-10-29(11-9-28)27(30)24-7-6-19(36-24)15-23-25(34-4)16-22(33-3)17-26(23)35-5/h6-7,12-14,16-17H,8-11,15H2,1-5H3. The molecule has 36 heavy (non-hydrogen) atoms. The summed E-state index contributed by atoms with van der Waals surface area (Å²) in [5.74, 6) is 4.18. The average Bonchev–Trinajstić information content (AvgIpc) is 3.40. The van der Waals surface area contributed by atoms with Crippen molar-refractivity contribution in [2.75, 3.05) is 66.6 Å². The van der Waals surface area contributed by atoms with Gasteiger partial charge in [0.1, 0.15) is 34.5 Å². The molecule has 0 spiro atoms. The summed E-state index contributed by atoms with van der Waals surface area (Å²) in [6, 6.07) is 12.9. The summed E-state index contributed by atoms with van der Waals surface area (Å²) in [6.07, 6.45) is 0.412. The fourth-order valence-electron chi connectivity index (χ4n) is 4.31. The molecule has 0 aliphatic carbocycles. The molecule has 1 saturated heterocycles. The van der Waals surface area contributed by atoms with Crippen molar-refractivity contribution < 1.29 is 32.9 Å². The second kappa shape index (κ2) is 11.2. The summed E-state index contributed by atoms with van der Waals surface area (Å²) in [4.78, 5) is 17.2. The Bertz CT molecular complexity index is 1150. The van der Waals surface area contributed by atoms with E-state index in [1.54, 1.807) is 53.7 Å². The second-order valence-corrected chi connectivity index (χ2v) is 8.30. The Morgan fingerprint density at radius 3 is 1.83 bits per heavy atom. The number of carbonyl (C=O) groups is 1. The van der Waals surface area contributed by atoms with Gasteiger partial charge in [0.05, 0.1) is 35.5 Å². The number of furan rings is 1. The third-order valence-electron chi connectivity index (χ3n) is 6.31. The molecule has 0 unspecified atom stereocenters. The first kappa shape index (κ1) is 25.1. The highest BCUT2D eigenvalue weighted by atomic mass is 16.5. The zero-order chi connectivity index (χ0) is 25.7. The van der Waals surface area contributed by atoms with Crippen molar-refractivity contribution in [2.45, 2.75) is 6.42 Å². The smallest absolute Gasteiger partial charge is 0.289 e. The van der Waals surface area contributed by atoms with Crippen molar-refractivity contribution >= 4 is 11.6 Å². The third kappa shape index (κ3) is 5.30. The van der Waals surface area contributed by atoms with Crippen LogP contribution in [0, 0.1) is 0 Å². The number of methoxy groups -OCH3 is 5. The van der Waals surface area contributed by atoms with Gasteiger partial charge in [0.15, 0.2) is 5.76 Å². The summed E-state index contributed by atoms with van der Waals surface area (Å²) in [5.41, 5.74) is 1.82. The van der Waals surface area contributed by atoms with E-state index >= 15 is 0 Å². The van der Waals surface area contributed by atoms with Gasteiger partial charge in [-0.25, -0.2) is 0 Å². The quantitative estimate of drug-likeness (QED) is 0.442. The van der Waals surface area contributed by atoms with Crippen LogP contribution in [-0.2, 0) is 6.42 Å². The van der Waals surface area contributed by atoms with E-state index in [1.807, 2.05) is 29.2 Å². The molecule has 1 aliphatic heterocycles. The van der Waals surface area contributed by atoms with Gasteiger partial charge in [0, 0.05) is 74.2 Å². The predicted molar refractivity (Wildman–Crippen MR) is 135 cm³/mol. The number of hydrogen-bond donors (Lipinski definition) is 0. The van der Waals surface area contributed by atoms with Crippen molar-refractivity contribution in [3.8, 4) is 28.7 Å². The molecule has 2 heterocycles. The molecule has 0 radical (unpaired) electrons. The number of hydrogen-bond acceptors (Lipinski definition) is 8. The fourth-order valence-corrected chi connectivity index (χ4v) is 4.31. The van der Waals surface area contributed by atoms with E-state index in [1.165, 1.54) is 0 Å². The van der Waals surface area contributed by atoms with Crippen LogP contribution in [0.15, 0.2) is 46.9 Å². The number of rotatable bonds is 9. The Morgan fingerprint density at radius 1 is 0.750 bits per heavy atom. The van der Waals surface area contributed by atoms with E-state index in [0.29, 0.717) is 61.4 Å². The van der Waals surface area contributed by atoms with E-state index in [2.05, 4.69) is 4.90 Å². The van der Waals surface area contributed by atoms with Crippen LogP contribution in [0.5, 0.6) is 28.7 Å². The van der Waals surface area contributed by atoms with Crippen LogP contribution < -0.4 is 28.6 Å². The Labute approximate surface area is 211 Å². The average molecular weight is 497 g/mol. The summed E-state index contributed by atoms with van der Waals surface area (Å²) < 4.78 is 33.1. The summed E-state index contributed by atoms with van der Waals surface area (Å²) in [6.45, 7) is 2.54. The van der Waals surface area contributed by atoms with E-state index < -0.39 is 0 Å². The van der Waals surface area contributed by atoms with Crippen LogP contribution in [0.4, 0.5) is 5.69 Å². The van der Waals surface area contributed by atoms with Gasteiger partial charge in [-0.15, -0.1) is 0 Å². The van der Waals surface area contributed by atoms with E-state index in [9.17, 15) is 4.79 Å². The van der Waals surface area contributed by atoms with Crippen LogP contribution in [0.3, 0.4) is 0 Å². The lowest BCUT2D eigenvalue weighted by Gasteiger charge is -2.36. The minimum atomic E-state index is -0.127. The molecule has 9 heteroatoms. The SMILES string of the molecule is COc1cc(OC)cc(N2CCN(C(=O)c3ccc(Cc4c(OC)cc(OC)cc4OC)o3)CC2)c1. The molecule has 3 aromatic rings. The first-order valence-electron chi connectivity index (χ1n) is 11.6. The summed E-state index contributed by atoms with van der Waals surface area (Å²) in [7, 11) is 8.04. The molecule has 0 atom stereocenters. The number of piperazine rings is 1. The highest BCUT2D eigenvalue weighted by Crippen LogP contribution is 2.36. The van der Waals surface area contributed by atoms with Crippen LogP contribution >= 0.6 is 0 Å². The Kier molecular flexibility index (Phi) is 7.77. The van der Waals surface area contributed by atoms with Crippen molar-refractivity contribution in [3.05, 3.63) is 59.5 Å². The number of amides is 1. The normalized spacial score (nSPS) is 13.4. The molecule has 0 saturated carbocycles. The predicted octanol–water partition coefficient (Wildman–Crippen LogP) is 3.88. The van der Waals surface area contributed by atoms with Gasteiger partial charge in [0.2, 0.25) is 0 Å². The van der Waals surface area contributed by atoms with Crippen LogP contribution in [0.1, 0.15) is 21.9 Å². The van der Waals surface area contributed by atoms with Crippen LogP contribution in [-0.4, -0.2) is 72.5 Å². The first-order valence-corrected chi connectivity index (χ1v) is 11.6. The molecule has 0 bridgehead atoms.